The number of carboxylic acid groups (broad SMARTS) is 2. The van der Waals surface area contributed by atoms with Crippen molar-refractivity contribution in [3.63, 3.8) is 0 Å². The number of guanidine groups is 1. The molecule has 25 nitrogen and oxygen atoms in total. The standard InChI is InChI=1S/C43H66N12O13S2/c1-20(2)32-42(68)51-27(17-31(58)59)37(63)47-22(5)34(60)48-25(13-14-30(56)57)35(61)52-28(18-69)39(65)53-29(19-70)40(66)55-33(21(3)4)41(67)50-26(16-23-10-7-6-8-11-23)38(64)49-24(36(62)54-32)12-9-15-46-43(44)45/h6-8,10-11,20-22,24-29,32-33,69-70H,9,12-19H2,1-5H3,(H,47,63)(H,48,60)(H,49,64)(H,50,67)(H,51,68)(H,52,61)(H,53,65)(H,54,62)(H,55,66)(H,56,57)(H,58,59)(H4,44,45,46)/t22-,24-,25-,26-,27-,28-,29-,32-,33-/m0/s1. The van der Waals surface area contributed by atoms with E-state index < -0.39 is 151 Å². The summed E-state index contributed by atoms with van der Waals surface area (Å²) in [6, 6.07) is -5.09. The van der Waals surface area contributed by atoms with E-state index in [0.717, 1.165) is 6.92 Å². The summed E-state index contributed by atoms with van der Waals surface area (Å²) < 4.78 is 0. The highest BCUT2D eigenvalue weighted by Gasteiger charge is 2.37. The van der Waals surface area contributed by atoms with E-state index in [-0.39, 0.29) is 43.3 Å². The van der Waals surface area contributed by atoms with Crippen molar-refractivity contribution in [3.05, 3.63) is 35.9 Å². The van der Waals surface area contributed by atoms with Gasteiger partial charge in [0.2, 0.25) is 53.2 Å². The molecule has 1 aromatic rings. The number of aliphatic imine (C=N–C) groups is 1. The highest BCUT2D eigenvalue weighted by atomic mass is 32.1. The predicted molar refractivity (Wildman–Crippen MR) is 260 cm³/mol. The van der Waals surface area contributed by atoms with Crippen LogP contribution in [0, 0.1) is 11.8 Å². The Bertz CT molecular complexity index is 2080. The first kappa shape index (κ1) is 59.5. The molecule has 1 fully saturated rings. The number of nitrogens with two attached hydrogens (primary N) is 2. The van der Waals surface area contributed by atoms with Gasteiger partial charge in [-0.3, -0.25) is 57.7 Å². The second-order valence-corrected chi connectivity index (χ2v) is 17.8. The van der Waals surface area contributed by atoms with E-state index in [1.54, 1.807) is 44.2 Å². The monoisotopic (exact) mass is 1020 g/mol. The van der Waals surface area contributed by atoms with Crippen molar-refractivity contribution in [3.8, 4) is 0 Å². The molecule has 9 atom stereocenters. The van der Waals surface area contributed by atoms with Crippen LogP contribution in [0.3, 0.4) is 0 Å². The average molecular weight is 1020 g/mol. The van der Waals surface area contributed by atoms with Gasteiger partial charge in [0.15, 0.2) is 5.96 Å². The zero-order valence-corrected chi connectivity index (χ0v) is 41.3. The Morgan fingerprint density at radius 3 is 1.46 bits per heavy atom. The largest absolute Gasteiger partial charge is 0.481 e. The molecule has 1 saturated heterocycles. The summed E-state index contributed by atoms with van der Waals surface area (Å²) in [6.07, 6.45) is -2.30. The first-order chi connectivity index (χ1) is 32.9. The van der Waals surface area contributed by atoms with E-state index in [1.165, 1.54) is 13.8 Å². The third-order valence-corrected chi connectivity index (χ3v) is 11.4. The molecule has 9 amide bonds. The quantitative estimate of drug-likeness (QED) is 0.0347. The minimum absolute atomic E-state index is 0.0112. The van der Waals surface area contributed by atoms with E-state index in [4.69, 9.17) is 11.5 Å². The number of benzene rings is 1. The van der Waals surface area contributed by atoms with Gasteiger partial charge in [0.05, 0.1) is 6.42 Å². The summed E-state index contributed by atoms with van der Waals surface area (Å²) in [5.74, 6) is -14.0. The lowest BCUT2D eigenvalue weighted by atomic mass is 9.99. The Kier molecular flexibility index (Phi) is 25.0. The van der Waals surface area contributed by atoms with Crippen LogP contribution in [-0.4, -0.2) is 154 Å². The number of hydrogen-bond donors (Lipinski definition) is 15. The summed E-state index contributed by atoms with van der Waals surface area (Å²) in [4.78, 5) is 152. The second-order valence-electron chi connectivity index (χ2n) is 17.1. The third kappa shape index (κ3) is 20.1. The number of aliphatic carboxylic acids is 2. The molecular weight excluding hydrogens is 957 g/mol. The van der Waals surface area contributed by atoms with Crippen molar-refractivity contribution in [2.24, 2.45) is 28.3 Å². The van der Waals surface area contributed by atoms with Crippen molar-refractivity contribution < 1.29 is 63.0 Å². The molecule has 0 bridgehead atoms. The second kappa shape index (κ2) is 29.4. The van der Waals surface area contributed by atoms with Gasteiger partial charge in [-0.2, -0.15) is 25.3 Å². The number of thiol groups is 2. The number of amides is 9. The number of nitrogens with zero attached hydrogens (tertiary/aromatic N) is 1. The maximum absolute atomic E-state index is 14.3. The lowest BCUT2D eigenvalue weighted by molar-refractivity contribution is -0.142. The van der Waals surface area contributed by atoms with Crippen LogP contribution in [0.15, 0.2) is 35.3 Å². The molecule has 2 rings (SSSR count). The van der Waals surface area contributed by atoms with Gasteiger partial charge in [0, 0.05) is 30.9 Å². The molecule has 388 valence electrons. The molecule has 0 saturated carbocycles. The Morgan fingerprint density at radius 2 is 0.971 bits per heavy atom. The minimum atomic E-state index is -1.85. The molecule has 0 spiro atoms. The van der Waals surface area contributed by atoms with Gasteiger partial charge in [-0.05, 0) is 43.6 Å². The molecule has 1 aromatic carbocycles. The van der Waals surface area contributed by atoms with Crippen LogP contribution in [0.2, 0.25) is 0 Å². The summed E-state index contributed by atoms with van der Waals surface area (Å²) in [5.41, 5.74) is 11.6. The molecule has 0 aliphatic carbocycles. The van der Waals surface area contributed by atoms with Crippen LogP contribution in [0.5, 0.6) is 0 Å². The molecule has 0 unspecified atom stereocenters. The zero-order valence-electron chi connectivity index (χ0n) is 39.5. The predicted octanol–water partition coefficient (Wildman–Crippen LogP) is -3.81. The fourth-order valence-corrected chi connectivity index (χ4v) is 7.25. The molecule has 0 radical (unpaired) electrons. The number of rotatable bonds is 15. The molecule has 1 aliphatic rings. The fourth-order valence-electron chi connectivity index (χ4n) is 6.73. The van der Waals surface area contributed by atoms with Gasteiger partial charge in [0.25, 0.3) is 0 Å². The van der Waals surface area contributed by atoms with E-state index in [0.29, 0.717) is 5.56 Å². The van der Waals surface area contributed by atoms with Crippen LogP contribution in [-0.2, 0) is 59.2 Å². The van der Waals surface area contributed by atoms with E-state index in [2.05, 4.69) is 78.1 Å². The van der Waals surface area contributed by atoms with E-state index in [9.17, 15) is 63.0 Å². The van der Waals surface area contributed by atoms with Crippen molar-refractivity contribution in [1.82, 2.24) is 47.9 Å². The Hall–Kier alpha value is -6.64. The summed E-state index contributed by atoms with van der Waals surface area (Å²) in [7, 11) is 0. The van der Waals surface area contributed by atoms with Crippen LogP contribution in [0.1, 0.15) is 72.3 Å². The van der Waals surface area contributed by atoms with Crippen LogP contribution in [0.25, 0.3) is 0 Å². The molecule has 27 heteroatoms. The van der Waals surface area contributed by atoms with Crippen molar-refractivity contribution in [2.75, 3.05) is 18.1 Å². The third-order valence-electron chi connectivity index (χ3n) is 10.7. The Labute approximate surface area is 415 Å². The summed E-state index contributed by atoms with van der Waals surface area (Å²) in [6.45, 7) is 7.44. The van der Waals surface area contributed by atoms with Gasteiger partial charge in [-0.1, -0.05) is 58.0 Å². The van der Waals surface area contributed by atoms with Gasteiger partial charge >= 0.3 is 11.9 Å². The van der Waals surface area contributed by atoms with Crippen LogP contribution < -0.4 is 59.3 Å². The number of nitrogens with one attached hydrogen (secondary N) is 9. The van der Waals surface area contributed by atoms with Gasteiger partial charge in [-0.25, -0.2) is 0 Å². The van der Waals surface area contributed by atoms with Crippen LogP contribution in [0.4, 0.5) is 0 Å². The summed E-state index contributed by atoms with van der Waals surface area (Å²) >= 11 is 8.36. The van der Waals surface area contributed by atoms with Crippen molar-refractivity contribution >= 4 is 96.3 Å². The molecule has 15 N–H and O–H groups in total. The lowest BCUT2D eigenvalue weighted by Crippen LogP contribution is -2.62. The number of carbonyl (C=O) groups is 11. The first-order valence-electron chi connectivity index (χ1n) is 22.4. The minimum Gasteiger partial charge on any atom is -0.481 e. The number of hydrogen-bond acceptors (Lipinski definition) is 14. The maximum atomic E-state index is 14.3. The highest BCUT2D eigenvalue weighted by molar-refractivity contribution is 7.80. The zero-order chi connectivity index (χ0) is 52.8. The molecular formula is C43H66N12O13S2. The molecule has 70 heavy (non-hydrogen) atoms. The molecule has 0 aromatic heterocycles. The van der Waals surface area contributed by atoms with Crippen molar-refractivity contribution in [2.45, 2.75) is 128 Å². The fraction of sp³-hybridized carbons (Fsp3) is 0.581. The van der Waals surface area contributed by atoms with Crippen molar-refractivity contribution in [1.29, 1.82) is 0 Å². The SMILES string of the molecule is CC(C)[C@@H]1NC(=O)[C@H](CCCN=C(N)N)NC(=O)[C@H](Cc2ccccc2)NC(=O)[C@H](C(C)C)NC(=O)[C@H](CS)NC(=O)[C@H](CS)NC(=O)[C@H](CCC(=O)O)NC(=O)[C@H](C)NC(=O)[C@H](CC(=O)O)NC1=O. The topological polar surface area (TPSA) is 401 Å². The normalized spacial score (nSPS) is 25.3. The highest BCUT2D eigenvalue weighted by Crippen LogP contribution is 2.12. The van der Waals surface area contributed by atoms with E-state index >= 15 is 0 Å². The van der Waals surface area contributed by atoms with Gasteiger partial charge in [0.1, 0.15) is 54.4 Å². The number of carboxylic acids is 2. The Balaban J connectivity index is 2.77. The van der Waals surface area contributed by atoms with Crippen LogP contribution >= 0.6 is 25.3 Å². The lowest BCUT2D eigenvalue weighted by Gasteiger charge is -2.29. The molecule has 1 aliphatic heterocycles. The first-order valence-corrected chi connectivity index (χ1v) is 23.6. The number of carbonyl (C=O) groups excluding carboxylic acids is 9. The van der Waals surface area contributed by atoms with Gasteiger partial charge < -0.3 is 69.5 Å². The average Bonchev–Trinajstić information content (AvgIpc) is 3.28. The smallest absolute Gasteiger partial charge is 0.305 e. The summed E-state index contributed by atoms with van der Waals surface area (Å²) in [5, 5.41) is 41.2. The van der Waals surface area contributed by atoms with E-state index in [1.807, 2.05) is 0 Å². The molecule has 1 heterocycles. The maximum Gasteiger partial charge on any atom is 0.305 e. The Morgan fingerprint density at radius 1 is 0.557 bits per heavy atom. The van der Waals surface area contributed by atoms with Gasteiger partial charge in [-0.15, -0.1) is 0 Å².